The van der Waals surface area contributed by atoms with E-state index in [-0.39, 0.29) is 12.2 Å². The molecule has 6 rings (SSSR count). The highest BCUT2D eigenvalue weighted by Crippen LogP contribution is 2.61. The van der Waals surface area contributed by atoms with Crippen molar-refractivity contribution in [2.24, 2.45) is 17.3 Å². The third kappa shape index (κ3) is 4.95. The fraction of sp³-hybridized carbons (Fsp3) is 0.485. The first kappa shape index (κ1) is 25.6. The summed E-state index contributed by atoms with van der Waals surface area (Å²) in [5, 5.41) is 11.3. The lowest BCUT2D eigenvalue weighted by molar-refractivity contribution is 0.0292. The molecule has 1 heterocycles. The summed E-state index contributed by atoms with van der Waals surface area (Å²) >= 11 is 0. The van der Waals surface area contributed by atoms with Gasteiger partial charge < -0.3 is 14.6 Å². The molecule has 0 saturated heterocycles. The summed E-state index contributed by atoms with van der Waals surface area (Å²) in [6.45, 7) is 11.8. The van der Waals surface area contributed by atoms with Crippen LogP contribution in [0.15, 0.2) is 48.5 Å². The molecule has 3 aromatic rings. The van der Waals surface area contributed by atoms with E-state index in [1.54, 1.807) is 12.1 Å². The molecule has 4 heteroatoms. The molecule has 3 atom stereocenters. The molecule has 0 radical (unpaired) electrons. The van der Waals surface area contributed by atoms with Crippen LogP contribution in [0.3, 0.4) is 0 Å². The SMILES string of the molecule is CC1CC2CC(C)(C)CC(c3cc(-c4ccc5cc(C(=O)O)ccc5c4)cc4c3OCO4)(C1)C2.CCC. The quantitative estimate of drug-likeness (QED) is 0.390. The largest absolute Gasteiger partial charge is 0.478 e. The molecule has 3 aliphatic rings. The standard InChI is InChI=1S/C30H32O4.C3H8/c1-18-8-19-14-29(2,3)16-30(13-18,15-19)25-11-24(12-26-27(25)34-17-33-26)22-5-4-21-10-23(28(31)32)7-6-20(21)9-22;1-3-2/h4-7,9-12,18-19H,8,13-17H2,1-3H3,(H,31,32);3H2,1-2H3. The van der Waals surface area contributed by atoms with Crippen molar-refractivity contribution in [3.63, 3.8) is 0 Å². The van der Waals surface area contributed by atoms with E-state index in [2.05, 4.69) is 58.9 Å². The van der Waals surface area contributed by atoms with E-state index in [0.29, 0.717) is 16.9 Å². The minimum absolute atomic E-state index is 0.116. The van der Waals surface area contributed by atoms with E-state index in [1.165, 1.54) is 44.1 Å². The monoisotopic (exact) mass is 500 g/mol. The van der Waals surface area contributed by atoms with E-state index >= 15 is 0 Å². The average molecular weight is 501 g/mol. The molecule has 1 N–H and O–H groups in total. The molecule has 2 bridgehead atoms. The molecule has 3 aromatic carbocycles. The van der Waals surface area contributed by atoms with Crippen LogP contribution in [0, 0.1) is 17.3 Å². The zero-order valence-corrected chi connectivity index (χ0v) is 22.9. The lowest BCUT2D eigenvalue weighted by Gasteiger charge is -2.54. The highest BCUT2D eigenvalue weighted by Gasteiger charge is 2.50. The van der Waals surface area contributed by atoms with Crippen LogP contribution in [-0.4, -0.2) is 17.9 Å². The Morgan fingerprint density at radius 2 is 1.68 bits per heavy atom. The lowest BCUT2D eigenvalue weighted by atomic mass is 9.51. The van der Waals surface area contributed by atoms with Gasteiger partial charge in [-0.3, -0.25) is 0 Å². The first-order valence-electron chi connectivity index (χ1n) is 13.8. The van der Waals surface area contributed by atoms with Crippen molar-refractivity contribution in [2.75, 3.05) is 6.79 Å². The van der Waals surface area contributed by atoms with Gasteiger partial charge in [-0.2, -0.15) is 0 Å². The topological polar surface area (TPSA) is 55.8 Å². The van der Waals surface area contributed by atoms with E-state index in [4.69, 9.17) is 9.47 Å². The van der Waals surface area contributed by atoms with Crippen LogP contribution in [0.5, 0.6) is 11.5 Å². The molecule has 3 unspecified atom stereocenters. The Labute approximate surface area is 221 Å². The Kier molecular flexibility index (Phi) is 6.72. The summed E-state index contributed by atoms with van der Waals surface area (Å²) in [7, 11) is 0. The minimum Gasteiger partial charge on any atom is -0.478 e. The molecule has 0 aromatic heterocycles. The van der Waals surface area contributed by atoms with Gasteiger partial charge in [0, 0.05) is 11.0 Å². The molecular weight excluding hydrogens is 460 g/mol. The van der Waals surface area contributed by atoms with Gasteiger partial charge in [-0.25, -0.2) is 4.79 Å². The summed E-state index contributed by atoms with van der Waals surface area (Å²) in [6.07, 6.45) is 7.49. The van der Waals surface area contributed by atoms with Gasteiger partial charge in [0.15, 0.2) is 11.5 Å². The smallest absolute Gasteiger partial charge is 0.335 e. The number of hydrogen-bond acceptors (Lipinski definition) is 3. The molecular formula is C33H40O4. The molecule has 4 nitrogen and oxygen atoms in total. The average Bonchev–Trinajstić information content (AvgIpc) is 3.30. The number of carbonyl (C=O) groups is 1. The number of rotatable bonds is 3. The van der Waals surface area contributed by atoms with Crippen LogP contribution < -0.4 is 9.47 Å². The molecule has 2 saturated carbocycles. The van der Waals surface area contributed by atoms with E-state index in [0.717, 1.165) is 39.3 Å². The molecule has 1 aliphatic heterocycles. The zero-order valence-electron chi connectivity index (χ0n) is 22.9. The molecule has 37 heavy (non-hydrogen) atoms. The Morgan fingerprint density at radius 3 is 2.43 bits per heavy atom. The van der Waals surface area contributed by atoms with E-state index in [9.17, 15) is 9.90 Å². The number of carboxylic acid groups (broad SMARTS) is 1. The highest BCUT2D eigenvalue weighted by atomic mass is 16.7. The Morgan fingerprint density at radius 1 is 0.946 bits per heavy atom. The Bertz CT molecular complexity index is 1320. The van der Waals surface area contributed by atoms with Crippen molar-refractivity contribution >= 4 is 16.7 Å². The predicted molar refractivity (Wildman–Crippen MR) is 150 cm³/mol. The van der Waals surface area contributed by atoms with Crippen LogP contribution in [0.2, 0.25) is 0 Å². The molecule has 2 fully saturated rings. The maximum atomic E-state index is 11.4. The fourth-order valence-electron chi connectivity index (χ4n) is 7.55. The lowest BCUT2D eigenvalue weighted by Crippen LogP contribution is -2.45. The molecule has 196 valence electrons. The second-order valence-electron chi connectivity index (χ2n) is 12.5. The number of carboxylic acids is 1. The second-order valence-corrected chi connectivity index (χ2v) is 12.5. The van der Waals surface area contributed by atoms with Gasteiger partial charge in [-0.05, 0) is 102 Å². The van der Waals surface area contributed by atoms with Crippen molar-refractivity contribution in [2.45, 2.75) is 78.6 Å². The number of benzene rings is 3. The summed E-state index contributed by atoms with van der Waals surface area (Å²) in [5.41, 5.74) is 4.31. The van der Waals surface area contributed by atoms with Gasteiger partial charge in [-0.1, -0.05) is 59.2 Å². The minimum atomic E-state index is -0.902. The van der Waals surface area contributed by atoms with Gasteiger partial charge in [0.2, 0.25) is 6.79 Å². The first-order valence-corrected chi connectivity index (χ1v) is 13.8. The third-order valence-corrected chi connectivity index (χ3v) is 8.28. The summed E-state index contributed by atoms with van der Waals surface area (Å²) < 4.78 is 12.0. The highest BCUT2D eigenvalue weighted by molar-refractivity contribution is 5.95. The first-order chi connectivity index (χ1) is 17.6. The maximum Gasteiger partial charge on any atom is 0.335 e. The van der Waals surface area contributed by atoms with E-state index < -0.39 is 5.97 Å². The summed E-state index contributed by atoms with van der Waals surface area (Å²) in [4.78, 5) is 11.4. The molecule has 0 spiro atoms. The third-order valence-electron chi connectivity index (χ3n) is 8.28. The van der Waals surface area contributed by atoms with Crippen LogP contribution >= 0.6 is 0 Å². The van der Waals surface area contributed by atoms with Gasteiger partial charge in [0.05, 0.1) is 5.56 Å². The van der Waals surface area contributed by atoms with Gasteiger partial charge in [0.25, 0.3) is 0 Å². The normalized spacial score (nSPS) is 25.3. The van der Waals surface area contributed by atoms with Crippen molar-refractivity contribution in [3.05, 3.63) is 59.7 Å². The summed E-state index contributed by atoms with van der Waals surface area (Å²) in [5.74, 6) is 2.36. The number of hydrogen-bond donors (Lipinski definition) is 1. The fourth-order valence-corrected chi connectivity index (χ4v) is 7.55. The summed E-state index contributed by atoms with van der Waals surface area (Å²) in [6, 6.07) is 16.0. The van der Waals surface area contributed by atoms with Crippen molar-refractivity contribution in [1.82, 2.24) is 0 Å². The zero-order chi connectivity index (χ0) is 26.4. The van der Waals surface area contributed by atoms with E-state index in [1.807, 2.05) is 12.1 Å². The molecule has 0 amide bonds. The van der Waals surface area contributed by atoms with Crippen LogP contribution in [-0.2, 0) is 5.41 Å². The molecule has 2 aliphatic carbocycles. The van der Waals surface area contributed by atoms with Crippen LogP contribution in [0.25, 0.3) is 21.9 Å². The second kappa shape index (κ2) is 9.70. The maximum absolute atomic E-state index is 11.4. The number of fused-ring (bicyclic) bond motifs is 4. The predicted octanol–water partition coefficient (Wildman–Crippen LogP) is 8.84. The van der Waals surface area contributed by atoms with Gasteiger partial charge in [0.1, 0.15) is 0 Å². The van der Waals surface area contributed by atoms with Crippen molar-refractivity contribution < 1.29 is 19.4 Å². The Hall–Kier alpha value is -3.01. The number of aromatic carboxylic acids is 1. The van der Waals surface area contributed by atoms with Crippen molar-refractivity contribution in [1.29, 1.82) is 0 Å². The van der Waals surface area contributed by atoms with Crippen LogP contribution in [0.1, 0.15) is 89.1 Å². The number of ether oxygens (including phenoxy) is 2. The van der Waals surface area contributed by atoms with Crippen LogP contribution in [0.4, 0.5) is 0 Å². The van der Waals surface area contributed by atoms with Gasteiger partial charge in [-0.15, -0.1) is 0 Å². The van der Waals surface area contributed by atoms with Gasteiger partial charge >= 0.3 is 5.97 Å². The van der Waals surface area contributed by atoms with Crippen molar-refractivity contribution in [3.8, 4) is 22.6 Å². The Balaban J connectivity index is 0.000000892.